The van der Waals surface area contributed by atoms with E-state index < -0.39 is 12.0 Å². The smallest absolute Gasteiger partial charge is 0.307 e. The summed E-state index contributed by atoms with van der Waals surface area (Å²) in [6, 6.07) is 4.82. The fourth-order valence-electron chi connectivity index (χ4n) is 1.79. The van der Waals surface area contributed by atoms with Gasteiger partial charge in [-0.25, -0.2) is 15.0 Å². The lowest BCUT2D eigenvalue weighted by atomic mass is 10.2. The topological polar surface area (TPSA) is 43.1 Å². The predicted octanol–water partition coefficient (Wildman–Crippen LogP) is 2.81. The van der Waals surface area contributed by atoms with Crippen LogP contribution in [0.4, 0.5) is 13.2 Å². The van der Waals surface area contributed by atoms with E-state index in [-0.39, 0.29) is 5.69 Å². The van der Waals surface area contributed by atoms with Crippen LogP contribution in [0.2, 0.25) is 0 Å². The Morgan fingerprint density at radius 3 is 2.63 bits per heavy atom. The van der Waals surface area contributed by atoms with Gasteiger partial charge in [-0.3, -0.25) is 0 Å². The second kappa shape index (κ2) is 4.04. The highest BCUT2D eigenvalue weighted by Gasteiger charge is 2.34. The van der Waals surface area contributed by atoms with Gasteiger partial charge in [-0.05, 0) is 18.2 Å². The van der Waals surface area contributed by atoms with Crippen LogP contribution < -0.4 is 0 Å². The van der Waals surface area contributed by atoms with Gasteiger partial charge in [-0.1, -0.05) is 0 Å². The zero-order valence-electron chi connectivity index (χ0n) is 9.46. The molecule has 3 aromatic heterocycles. The standard InChI is InChI=1S/C12H7F3N4/c13-12(14,15)11-17-4-3-9(18-11)8-2-1-6-19-7-5-16-10(8)19/h1-7H. The lowest BCUT2D eigenvalue weighted by Crippen LogP contribution is -2.11. The number of hydrogen-bond acceptors (Lipinski definition) is 3. The van der Waals surface area contributed by atoms with Crippen LogP contribution in [0.3, 0.4) is 0 Å². The van der Waals surface area contributed by atoms with Gasteiger partial charge in [0.05, 0.1) is 5.69 Å². The molecule has 7 heteroatoms. The largest absolute Gasteiger partial charge is 0.451 e. The molecule has 0 aliphatic heterocycles. The average molecular weight is 264 g/mol. The number of fused-ring (bicyclic) bond motifs is 1. The minimum absolute atomic E-state index is 0.194. The van der Waals surface area contributed by atoms with Crippen molar-refractivity contribution in [1.29, 1.82) is 0 Å². The third-order valence-corrected chi connectivity index (χ3v) is 2.60. The maximum absolute atomic E-state index is 12.6. The van der Waals surface area contributed by atoms with Crippen LogP contribution in [-0.2, 0) is 6.18 Å². The van der Waals surface area contributed by atoms with Crippen molar-refractivity contribution in [3.05, 3.63) is 48.8 Å². The number of imidazole rings is 1. The third kappa shape index (κ3) is 2.03. The predicted molar refractivity (Wildman–Crippen MR) is 61.2 cm³/mol. The summed E-state index contributed by atoms with van der Waals surface area (Å²) in [5, 5.41) is 0. The van der Waals surface area contributed by atoms with Crippen molar-refractivity contribution in [2.45, 2.75) is 6.18 Å². The fourth-order valence-corrected chi connectivity index (χ4v) is 1.79. The van der Waals surface area contributed by atoms with E-state index in [4.69, 9.17) is 0 Å². The Balaban J connectivity index is 2.19. The molecule has 0 N–H and O–H groups in total. The molecule has 4 nitrogen and oxygen atoms in total. The van der Waals surface area contributed by atoms with Gasteiger partial charge in [0.25, 0.3) is 0 Å². The van der Waals surface area contributed by atoms with E-state index in [1.165, 1.54) is 6.07 Å². The molecular formula is C12H7F3N4. The van der Waals surface area contributed by atoms with E-state index >= 15 is 0 Å². The molecule has 3 rings (SSSR count). The SMILES string of the molecule is FC(F)(F)c1nccc(-c2cccn3ccnc23)n1. The lowest BCUT2D eigenvalue weighted by Gasteiger charge is -2.07. The summed E-state index contributed by atoms with van der Waals surface area (Å²) >= 11 is 0. The van der Waals surface area contributed by atoms with E-state index in [2.05, 4.69) is 15.0 Å². The highest BCUT2D eigenvalue weighted by Crippen LogP contribution is 2.28. The number of halogens is 3. The molecule has 0 amide bonds. The fraction of sp³-hybridized carbons (Fsp3) is 0.0833. The molecule has 0 spiro atoms. The lowest BCUT2D eigenvalue weighted by molar-refractivity contribution is -0.144. The third-order valence-electron chi connectivity index (χ3n) is 2.60. The molecule has 0 aromatic carbocycles. The van der Waals surface area contributed by atoms with E-state index in [1.54, 1.807) is 35.1 Å². The number of nitrogens with zero attached hydrogens (tertiary/aromatic N) is 4. The summed E-state index contributed by atoms with van der Waals surface area (Å²) < 4.78 is 39.5. The Kier molecular flexibility index (Phi) is 2.48. The Labute approximate surface area is 105 Å². The Morgan fingerprint density at radius 1 is 1.00 bits per heavy atom. The molecule has 0 saturated carbocycles. The van der Waals surface area contributed by atoms with Gasteiger partial charge in [0.1, 0.15) is 5.65 Å². The van der Waals surface area contributed by atoms with Crippen molar-refractivity contribution >= 4 is 5.65 Å². The van der Waals surface area contributed by atoms with Gasteiger partial charge in [0.2, 0.25) is 5.82 Å². The van der Waals surface area contributed by atoms with Crippen LogP contribution in [0.25, 0.3) is 16.9 Å². The highest BCUT2D eigenvalue weighted by molar-refractivity contribution is 5.74. The molecule has 0 atom stereocenters. The molecule has 3 heterocycles. The van der Waals surface area contributed by atoms with Gasteiger partial charge in [0, 0.05) is 30.4 Å². The van der Waals surface area contributed by atoms with Crippen molar-refractivity contribution in [1.82, 2.24) is 19.4 Å². The van der Waals surface area contributed by atoms with Crippen molar-refractivity contribution < 1.29 is 13.2 Å². The average Bonchev–Trinajstić information content (AvgIpc) is 2.86. The molecule has 0 saturated heterocycles. The van der Waals surface area contributed by atoms with Crippen molar-refractivity contribution in [3.63, 3.8) is 0 Å². The number of aromatic nitrogens is 4. The number of alkyl halides is 3. The summed E-state index contributed by atoms with van der Waals surface area (Å²) in [5.41, 5.74) is 1.27. The highest BCUT2D eigenvalue weighted by atomic mass is 19.4. The first-order chi connectivity index (χ1) is 9.05. The maximum atomic E-state index is 12.6. The van der Waals surface area contributed by atoms with Gasteiger partial charge < -0.3 is 4.40 Å². The van der Waals surface area contributed by atoms with Crippen molar-refractivity contribution in [2.24, 2.45) is 0 Å². The van der Waals surface area contributed by atoms with E-state index in [9.17, 15) is 13.2 Å². The molecule has 0 unspecified atom stereocenters. The number of pyridine rings is 1. The first kappa shape index (κ1) is 11.6. The van der Waals surface area contributed by atoms with Crippen LogP contribution >= 0.6 is 0 Å². The summed E-state index contributed by atoms with van der Waals surface area (Å²) in [5.74, 6) is -1.15. The normalized spacial score (nSPS) is 11.9. The monoisotopic (exact) mass is 264 g/mol. The Morgan fingerprint density at radius 2 is 1.84 bits per heavy atom. The van der Waals surface area contributed by atoms with Crippen LogP contribution in [0.1, 0.15) is 5.82 Å². The zero-order chi connectivity index (χ0) is 13.5. The molecule has 19 heavy (non-hydrogen) atoms. The molecule has 0 radical (unpaired) electrons. The number of hydrogen-bond donors (Lipinski definition) is 0. The van der Waals surface area contributed by atoms with E-state index in [0.717, 1.165) is 6.20 Å². The molecule has 96 valence electrons. The maximum Gasteiger partial charge on any atom is 0.451 e. The van der Waals surface area contributed by atoms with Gasteiger partial charge >= 0.3 is 6.18 Å². The van der Waals surface area contributed by atoms with Crippen molar-refractivity contribution in [3.8, 4) is 11.3 Å². The first-order valence-corrected chi connectivity index (χ1v) is 5.38. The summed E-state index contributed by atoms with van der Waals surface area (Å²) in [6.07, 6.45) is 1.58. The minimum atomic E-state index is -4.56. The van der Waals surface area contributed by atoms with Gasteiger partial charge in [-0.2, -0.15) is 13.2 Å². The van der Waals surface area contributed by atoms with Gasteiger partial charge in [0.15, 0.2) is 0 Å². The molecule has 0 bridgehead atoms. The minimum Gasteiger partial charge on any atom is -0.307 e. The summed E-state index contributed by atoms with van der Waals surface area (Å²) in [4.78, 5) is 10.9. The van der Waals surface area contributed by atoms with Crippen LogP contribution in [0.15, 0.2) is 43.0 Å². The Hall–Kier alpha value is -2.44. The van der Waals surface area contributed by atoms with E-state index in [0.29, 0.717) is 11.2 Å². The summed E-state index contributed by atoms with van der Waals surface area (Å²) in [6.45, 7) is 0. The quantitative estimate of drug-likeness (QED) is 0.678. The van der Waals surface area contributed by atoms with Crippen molar-refractivity contribution in [2.75, 3.05) is 0 Å². The zero-order valence-corrected chi connectivity index (χ0v) is 9.46. The summed E-state index contributed by atoms with van der Waals surface area (Å²) in [7, 11) is 0. The van der Waals surface area contributed by atoms with Crippen LogP contribution in [-0.4, -0.2) is 19.4 Å². The van der Waals surface area contributed by atoms with E-state index in [1.807, 2.05) is 0 Å². The molecule has 0 aliphatic carbocycles. The number of rotatable bonds is 1. The van der Waals surface area contributed by atoms with Crippen LogP contribution in [0.5, 0.6) is 0 Å². The molecule has 3 aromatic rings. The van der Waals surface area contributed by atoms with Crippen LogP contribution in [0, 0.1) is 0 Å². The molecular weight excluding hydrogens is 257 g/mol. The first-order valence-electron chi connectivity index (χ1n) is 5.38. The molecule has 0 fully saturated rings. The van der Waals surface area contributed by atoms with Gasteiger partial charge in [-0.15, -0.1) is 0 Å². The Bertz CT molecular complexity index is 733. The second-order valence-corrected chi connectivity index (χ2v) is 3.84. The molecule has 0 aliphatic rings. The second-order valence-electron chi connectivity index (χ2n) is 3.84.